The number of alkyl halides is 6. The molecule has 2 fully saturated rings. The van der Waals surface area contributed by atoms with Crippen LogP contribution in [-0.2, 0) is 0 Å². The number of benzene rings is 2. The Balaban J connectivity index is 0.000000240. The first-order chi connectivity index (χ1) is 20.7. The smallest absolute Gasteiger partial charge is 0.303 e. The van der Waals surface area contributed by atoms with Gasteiger partial charge in [0.05, 0.1) is 10.6 Å². The molecule has 2 saturated heterocycles. The number of likely N-dealkylation sites (tertiary alicyclic amines) is 2. The van der Waals surface area contributed by atoms with Gasteiger partial charge < -0.3 is 9.80 Å². The molecule has 44 heavy (non-hydrogen) atoms. The van der Waals surface area contributed by atoms with E-state index in [1.165, 1.54) is 18.2 Å². The average molecular weight is 651 g/mol. The van der Waals surface area contributed by atoms with Gasteiger partial charge in [-0.25, -0.2) is 4.39 Å². The molecule has 2 aliphatic heterocycles. The Morgan fingerprint density at radius 1 is 0.705 bits per heavy atom. The minimum Gasteiger partial charge on any atom is -0.303 e. The number of hydrogen-bond donors (Lipinski definition) is 0. The van der Waals surface area contributed by atoms with Crippen LogP contribution in [0.1, 0.15) is 96.1 Å². The van der Waals surface area contributed by atoms with E-state index in [4.69, 9.17) is 11.6 Å². The highest BCUT2D eigenvalue weighted by Crippen LogP contribution is 2.37. The molecule has 2 aromatic carbocycles. The van der Waals surface area contributed by atoms with Crippen LogP contribution in [-0.4, -0.2) is 73.0 Å². The molecule has 4 rings (SSSR count). The van der Waals surface area contributed by atoms with Gasteiger partial charge in [0.2, 0.25) is 0 Å². The first kappa shape index (κ1) is 36.0. The Labute approximate surface area is 258 Å². The summed E-state index contributed by atoms with van der Waals surface area (Å²) in [5.41, 5.74) is -0.428. The summed E-state index contributed by atoms with van der Waals surface area (Å²) >= 11 is 6.11. The van der Waals surface area contributed by atoms with E-state index in [0.29, 0.717) is 18.4 Å². The van der Waals surface area contributed by atoms with Gasteiger partial charge in [0, 0.05) is 5.56 Å². The Hall–Kier alpha value is -2.50. The number of carbonyl (C=O) groups is 2. The van der Waals surface area contributed by atoms with Crippen molar-refractivity contribution in [3.05, 3.63) is 69.5 Å². The maximum atomic E-state index is 14.3. The number of Topliss-reactive ketones (excluding diaryl/α,β-unsaturated/α-hetero) is 2. The fraction of sp³-hybridized carbons (Fsp3) is 0.562. The monoisotopic (exact) mass is 650 g/mol. The molecule has 0 unspecified atom stereocenters. The topological polar surface area (TPSA) is 40.6 Å². The molecule has 4 nitrogen and oxygen atoms in total. The van der Waals surface area contributed by atoms with Crippen LogP contribution in [0.4, 0.5) is 30.7 Å². The summed E-state index contributed by atoms with van der Waals surface area (Å²) in [5, 5.41) is -0.0428. The van der Waals surface area contributed by atoms with Crippen molar-refractivity contribution in [1.29, 1.82) is 0 Å². The third kappa shape index (κ3) is 9.26. The molecule has 2 aliphatic rings. The van der Waals surface area contributed by atoms with Gasteiger partial charge in [-0.05, 0) is 113 Å². The van der Waals surface area contributed by atoms with Crippen LogP contribution in [0.15, 0.2) is 36.4 Å². The number of rotatable bonds is 8. The van der Waals surface area contributed by atoms with E-state index in [1.54, 1.807) is 6.07 Å². The molecule has 2 aromatic rings. The van der Waals surface area contributed by atoms with Crippen LogP contribution in [0.25, 0.3) is 0 Å². The van der Waals surface area contributed by atoms with Crippen molar-refractivity contribution < 1.29 is 40.3 Å². The third-order valence-corrected chi connectivity index (χ3v) is 8.62. The minimum atomic E-state index is -5.05. The maximum absolute atomic E-state index is 14.3. The first-order valence-corrected chi connectivity index (χ1v) is 15.3. The van der Waals surface area contributed by atoms with Crippen LogP contribution in [0.2, 0.25) is 5.02 Å². The van der Waals surface area contributed by atoms with E-state index >= 15 is 0 Å². The van der Waals surface area contributed by atoms with Gasteiger partial charge in [-0.15, -0.1) is 0 Å². The van der Waals surface area contributed by atoms with Gasteiger partial charge in [0.25, 0.3) is 11.6 Å². The van der Waals surface area contributed by atoms with Crippen molar-refractivity contribution in [2.45, 2.75) is 76.6 Å². The van der Waals surface area contributed by atoms with Gasteiger partial charge in [-0.2, -0.15) is 26.3 Å². The van der Waals surface area contributed by atoms with Crippen molar-refractivity contribution in [2.24, 2.45) is 0 Å². The summed E-state index contributed by atoms with van der Waals surface area (Å²) in [4.78, 5) is 27.3. The molecule has 0 radical (unpaired) electrons. The molecular weight excluding hydrogens is 613 g/mol. The van der Waals surface area contributed by atoms with Crippen molar-refractivity contribution in [3.8, 4) is 0 Å². The first-order valence-electron chi connectivity index (χ1n) is 14.9. The van der Waals surface area contributed by atoms with Crippen LogP contribution < -0.4 is 0 Å². The normalized spacial score (nSPS) is 17.7. The summed E-state index contributed by atoms with van der Waals surface area (Å²) in [6, 6.07) is 8.08. The van der Waals surface area contributed by atoms with E-state index in [2.05, 4.69) is 23.6 Å². The van der Waals surface area contributed by atoms with Gasteiger partial charge in [-0.3, -0.25) is 9.59 Å². The summed E-state index contributed by atoms with van der Waals surface area (Å²) in [7, 11) is 0. The van der Waals surface area contributed by atoms with Crippen LogP contribution in [0, 0.1) is 5.82 Å². The number of hydrogen-bond acceptors (Lipinski definition) is 4. The lowest BCUT2D eigenvalue weighted by Gasteiger charge is -2.32. The predicted molar refractivity (Wildman–Crippen MR) is 156 cm³/mol. The summed E-state index contributed by atoms with van der Waals surface area (Å²) in [6.45, 7) is 9.63. The maximum Gasteiger partial charge on any atom is 0.454 e. The zero-order valence-corrected chi connectivity index (χ0v) is 25.6. The van der Waals surface area contributed by atoms with Crippen LogP contribution >= 0.6 is 11.6 Å². The molecule has 0 N–H and O–H groups in total. The van der Waals surface area contributed by atoms with Gasteiger partial charge in [0.15, 0.2) is 0 Å². The summed E-state index contributed by atoms with van der Waals surface area (Å²) in [5.74, 6) is -5.02. The summed E-state index contributed by atoms with van der Waals surface area (Å²) < 4.78 is 89.7. The number of piperidine rings is 2. The van der Waals surface area contributed by atoms with Crippen molar-refractivity contribution in [3.63, 3.8) is 0 Å². The molecule has 12 heteroatoms. The number of carbonyl (C=O) groups excluding carboxylic acids is 2. The van der Waals surface area contributed by atoms with Crippen molar-refractivity contribution in [2.75, 3.05) is 39.3 Å². The highest BCUT2D eigenvalue weighted by atomic mass is 35.5. The second kappa shape index (κ2) is 15.7. The number of ketones is 2. The van der Waals surface area contributed by atoms with E-state index in [-0.39, 0.29) is 22.4 Å². The van der Waals surface area contributed by atoms with Crippen molar-refractivity contribution >= 4 is 23.2 Å². The Kier molecular flexibility index (Phi) is 12.8. The summed E-state index contributed by atoms with van der Waals surface area (Å²) in [6.07, 6.45) is -4.74. The van der Waals surface area contributed by atoms with E-state index in [9.17, 15) is 40.3 Å². The lowest BCUT2D eigenvalue weighted by atomic mass is 9.87. The van der Waals surface area contributed by atoms with Crippen LogP contribution in [0.3, 0.4) is 0 Å². The van der Waals surface area contributed by atoms with E-state index < -0.39 is 40.9 Å². The highest BCUT2D eigenvalue weighted by molar-refractivity contribution is 6.35. The van der Waals surface area contributed by atoms with Crippen LogP contribution in [0.5, 0.6) is 0 Å². The molecule has 244 valence electrons. The van der Waals surface area contributed by atoms with Crippen molar-refractivity contribution in [1.82, 2.24) is 9.80 Å². The number of nitrogens with zero attached hydrogens (tertiary/aromatic N) is 2. The molecule has 0 aromatic heterocycles. The Bertz CT molecular complexity index is 1170. The van der Waals surface area contributed by atoms with E-state index in [0.717, 1.165) is 77.1 Å². The molecule has 0 spiro atoms. The average Bonchev–Trinajstić information content (AvgIpc) is 2.97. The van der Waals surface area contributed by atoms with Gasteiger partial charge in [0.1, 0.15) is 5.82 Å². The second-order valence-electron chi connectivity index (χ2n) is 11.3. The fourth-order valence-corrected chi connectivity index (χ4v) is 6.32. The molecule has 0 aliphatic carbocycles. The lowest BCUT2D eigenvalue weighted by Crippen LogP contribution is -2.34. The second-order valence-corrected chi connectivity index (χ2v) is 11.7. The zero-order chi connectivity index (χ0) is 32.7. The Morgan fingerprint density at radius 2 is 1.09 bits per heavy atom. The molecule has 0 saturated carbocycles. The van der Waals surface area contributed by atoms with Gasteiger partial charge in [-0.1, -0.05) is 49.7 Å². The third-order valence-electron chi connectivity index (χ3n) is 8.20. The molecule has 0 atom stereocenters. The zero-order valence-electron chi connectivity index (χ0n) is 24.8. The lowest BCUT2D eigenvalue weighted by molar-refractivity contribution is -0.0889. The molecule has 0 amide bonds. The quantitative estimate of drug-likeness (QED) is 0.211. The standard InChI is InChI=1S/C16H19ClF3NO.C16H19F4NO/c2*1-2-8-21-9-6-11(7-10-21)12-4-3-5-13(14(12)17)15(22)16(18,19)20/h2*3-5,11H,2,6-10H2,1H3. The SMILES string of the molecule is CCCN1CCC(c2cccc(C(=O)C(F)(F)F)c2Cl)CC1.CCCN1CCC(c2cccc(C(=O)C(F)(F)F)c2F)CC1. The molecule has 0 bridgehead atoms. The highest BCUT2D eigenvalue weighted by Gasteiger charge is 2.42. The van der Waals surface area contributed by atoms with E-state index in [1.807, 2.05) is 0 Å². The Morgan fingerprint density at radius 3 is 1.52 bits per heavy atom. The largest absolute Gasteiger partial charge is 0.454 e. The molecule has 2 heterocycles. The molecular formula is C32H38ClF7N2O2. The predicted octanol–water partition coefficient (Wildman–Crippen LogP) is 8.83. The van der Waals surface area contributed by atoms with Gasteiger partial charge >= 0.3 is 12.4 Å². The fourth-order valence-electron chi connectivity index (χ4n) is 5.95. The minimum absolute atomic E-state index is 0.0428. The number of halogens is 8.